The number of nitrogen functional groups attached to an aromatic ring is 1. The van der Waals surface area contributed by atoms with E-state index in [1.807, 2.05) is 12.1 Å². The van der Waals surface area contributed by atoms with Gasteiger partial charge in [0, 0.05) is 4.88 Å². The second kappa shape index (κ2) is 5.58. The molecule has 0 aliphatic heterocycles. The lowest BCUT2D eigenvalue weighted by Crippen LogP contribution is -2.12. The first-order valence-corrected chi connectivity index (χ1v) is 7.84. The Labute approximate surface area is 127 Å². The molecule has 1 aromatic carbocycles. The Morgan fingerprint density at radius 3 is 2.90 bits per heavy atom. The van der Waals surface area contributed by atoms with Crippen LogP contribution < -0.4 is 5.73 Å². The third-order valence-electron chi connectivity index (χ3n) is 3.61. The highest BCUT2D eigenvalue weighted by molar-refractivity contribution is 7.10. The maximum absolute atomic E-state index is 9.22. The lowest BCUT2D eigenvalue weighted by Gasteiger charge is -2.19. The number of hydrogen-bond donors (Lipinski definition) is 1. The Balaban J connectivity index is 2.23. The summed E-state index contributed by atoms with van der Waals surface area (Å²) in [7, 11) is 0. The first-order chi connectivity index (χ1) is 10.3. The lowest BCUT2D eigenvalue weighted by molar-refractivity contribution is 0.560. The zero-order chi connectivity index (χ0) is 14.8. The van der Waals surface area contributed by atoms with Crippen molar-refractivity contribution in [3.05, 3.63) is 46.2 Å². The van der Waals surface area contributed by atoms with Crippen LogP contribution in [-0.2, 0) is 0 Å². The van der Waals surface area contributed by atoms with Crippen molar-refractivity contribution in [1.82, 2.24) is 9.55 Å². The van der Waals surface area contributed by atoms with Crippen LogP contribution in [0.3, 0.4) is 0 Å². The maximum atomic E-state index is 9.22. The summed E-state index contributed by atoms with van der Waals surface area (Å²) in [5, 5.41) is 11.3. The molecule has 2 aromatic heterocycles. The van der Waals surface area contributed by atoms with Crippen LogP contribution in [-0.4, -0.2) is 9.55 Å². The summed E-state index contributed by atoms with van der Waals surface area (Å²) in [6.07, 6.45) is 2.05. The summed E-state index contributed by atoms with van der Waals surface area (Å²) in [6.45, 7) is 2.16. The molecule has 0 bridgehead atoms. The van der Waals surface area contributed by atoms with E-state index in [4.69, 9.17) is 5.73 Å². The monoisotopic (exact) mass is 296 g/mol. The fraction of sp³-hybridized carbons (Fsp3) is 0.250. The number of nitrogens with zero attached hydrogens (tertiary/aromatic N) is 3. The number of aromatic nitrogens is 2. The highest BCUT2D eigenvalue weighted by Gasteiger charge is 2.20. The molecule has 0 amide bonds. The standard InChI is InChI=1S/C16H16N4S/c1-2-5-12(14-8-4-9-21-14)20-13-7-3-6-11(10-17)15(13)19-16(20)18/h3-4,6-9,12H,2,5H2,1H3,(H2,18,19). The molecule has 0 aliphatic carbocycles. The van der Waals surface area contributed by atoms with Gasteiger partial charge >= 0.3 is 0 Å². The molecule has 2 N–H and O–H groups in total. The molecule has 2 heterocycles. The number of benzene rings is 1. The average molecular weight is 296 g/mol. The Bertz CT molecular complexity index is 796. The molecule has 0 fully saturated rings. The van der Waals surface area contributed by atoms with Crippen molar-refractivity contribution in [2.24, 2.45) is 0 Å². The molecule has 3 rings (SSSR count). The smallest absolute Gasteiger partial charge is 0.201 e. The van der Waals surface area contributed by atoms with Gasteiger partial charge in [0.25, 0.3) is 0 Å². The lowest BCUT2D eigenvalue weighted by atomic mass is 10.1. The minimum Gasteiger partial charge on any atom is -0.369 e. The highest BCUT2D eigenvalue weighted by atomic mass is 32.1. The second-order valence-electron chi connectivity index (χ2n) is 4.95. The van der Waals surface area contributed by atoms with Crippen molar-refractivity contribution < 1.29 is 0 Å². The SMILES string of the molecule is CCCC(c1cccs1)n1c(N)nc2c(C#N)cccc21. The topological polar surface area (TPSA) is 67.6 Å². The number of fused-ring (bicyclic) bond motifs is 1. The number of para-hydroxylation sites is 1. The summed E-state index contributed by atoms with van der Waals surface area (Å²) in [4.78, 5) is 5.69. The summed E-state index contributed by atoms with van der Waals surface area (Å²) >= 11 is 1.73. The van der Waals surface area contributed by atoms with Crippen molar-refractivity contribution in [2.75, 3.05) is 5.73 Å². The fourth-order valence-electron chi connectivity index (χ4n) is 2.71. The van der Waals surface area contributed by atoms with Gasteiger partial charge in [0.1, 0.15) is 11.6 Å². The van der Waals surface area contributed by atoms with Crippen molar-refractivity contribution in [1.29, 1.82) is 5.26 Å². The van der Waals surface area contributed by atoms with E-state index in [0.717, 1.165) is 18.4 Å². The molecule has 0 aliphatic rings. The van der Waals surface area contributed by atoms with Crippen molar-refractivity contribution in [2.45, 2.75) is 25.8 Å². The number of nitriles is 1. The van der Waals surface area contributed by atoms with Gasteiger partial charge in [-0.15, -0.1) is 11.3 Å². The Morgan fingerprint density at radius 2 is 2.24 bits per heavy atom. The summed E-state index contributed by atoms with van der Waals surface area (Å²) in [5.41, 5.74) is 8.35. The molecule has 1 unspecified atom stereocenters. The molecular formula is C16H16N4S. The molecule has 1 atom stereocenters. The van der Waals surface area contributed by atoms with Gasteiger partial charge in [-0.2, -0.15) is 5.26 Å². The molecule has 4 nitrogen and oxygen atoms in total. The fourth-order valence-corrected chi connectivity index (χ4v) is 3.56. The second-order valence-corrected chi connectivity index (χ2v) is 5.92. The van der Waals surface area contributed by atoms with Crippen molar-refractivity contribution in [3.8, 4) is 6.07 Å². The molecule has 5 heteroatoms. The molecule has 106 valence electrons. The number of rotatable bonds is 4. The van der Waals surface area contributed by atoms with Gasteiger partial charge in [0.05, 0.1) is 17.1 Å². The predicted molar refractivity (Wildman–Crippen MR) is 86.2 cm³/mol. The number of hydrogen-bond acceptors (Lipinski definition) is 4. The van der Waals surface area contributed by atoms with E-state index in [-0.39, 0.29) is 6.04 Å². The molecule has 0 spiro atoms. The zero-order valence-electron chi connectivity index (χ0n) is 11.8. The molecule has 21 heavy (non-hydrogen) atoms. The van der Waals surface area contributed by atoms with Crippen molar-refractivity contribution >= 4 is 28.3 Å². The molecule has 0 radical (unpaired) electrons. The van der Waals surface area contributed by atoms with Crippen LogP contribution in [0.1, 0.15) is 36.2 Å². The van der Waals surface area contributed by atoms with Gasteiger partial charge in [-0.3, -0.25) is 0 Å². The van der Waals surface area contributed by atoms with E-state index in [9.17, 15) is 5.26 Å². The minimum absolute atomic E-state index is 0.175. The molecule has 3 aromatic rings. The Morgan fingerprint density at radius 1 is 1.38 bits per heavy atom. The molecular weight excluding hydrogens is 280 g/mol. The Kier molecular flexibility index (Phi) is 3.63. The maximum Gasteiger partial charge on any atom is 0.201 e. The largest absolute Gasteiger partial charge is 0.369 e. The van der Waals surface area contributed by atoms with Gasteiger partial charge in [0.2, 0.25) is 5.95 Å². The van der Waals surface area contributed by atoms with Gasteiger partial charge in [-0.1, -0.05) is 25.5 Å². The normalized spacial score (nSPS) is 12.4. The third-order valence-corrected chi connectivity index (χ3v) is 4.59. The van der Waals surface area contributed by atoms with Crippen LogP contribution in [0.4, 0.5) is 5.95 Å². The van der Waals surface area contributed by atoms with E-state index in [1.54, 1.807) is 17.4 Å². The summed E-state index contributed by atoms with van der Waals surface area (Å²) in [6, 6.07) is 12.2. The first kappa shape index (κ1) is 13.7. The number of nitrogens with two attached hydrogens (primary N) is 1. The van der Waals surface area contributed by atoms with Gasteiger partial charge in [-0.05, 0) is 30.0 Å². The zero-order valence-corrected chi connectivity index (χ0v) is 12.6. The van der Waals surface area contributed by atoms with E-state index >= 15 is 0 Å². The van der Waals surface area contributed by atoms with E-state index in [2.05, 4.69) is 40.1 Å². The van der Waals surface area contributed by atoms with Crippen LogP contribution in [0.5, 0.6) is 0 Å². The highest BCUT2D eigenvalue weighted by Crippen LogP contribution is 2.33. The quantitative estimate of drug-likeness (QED) is 0.793. The molecule has 0 saturated carbocycles. The van der Waals surface area contributed by atoms with E-state index in [1.165, 1.54) is 4.88 Å². The van der Waals surface area contributed by atoms with Gasteiger partial charge in [-0.25, -0.2) is 4.98 Å². The van der Waals surface area contributed by atoms with Gasteiger partial charge in [0.15, 0.2) is 0 Å². The van der Waals surface area contributed by atoms with Gasteiger partial charge < -0.3 is 10.3 Å². The van der Waals surface area contributed by atoms with E-state index < -0.39 is 0 Å². The van der Waals surface area contributed by atoms with Crippen LogP contribution in [0.2, 0.25) is 0 Å². The predicted octanol–water partition coefficient (Wildman–Crippen LogP) is 3.94. The number of imidazole rings is 1. The summed E-state index contributed by atoms with van der Waals surface area (Å²) in [5.74, 6) is 0.472. The third kappa shape index (κ3) is 2.28. The minimum atomic E-state index is 0.175. The Hall–Kier alpha value is -2.32. The van der Waals surface area contributed by atoms with Crippen LogP contribution >= 0.6 is 11.3 Å². The van der Waals surface area contributed by atoms with Crippen LogP contribution in [0.15, 0.2) is 35.7 Å². The number of anilines is 1. The van der Waals surface area contributed by atoms with Crippen molar-refractivity contribution in [3.63, 3.8) is 0 Å². The van der Waals surface area contributed by atoms with Crippen LogP contribution in [0.25, 0.3) is 11.0 Å². The number of thiophene rings is 1. The first-order valence-electron chi connectivity index (χ1n) is 6.96. The molecule has 0 saturated heterocycles. The summed E-state index contributed by atoms with van der Waals surface area (Å²) < 4.78 is 2.06. The average Bonchev–Trinajstić information content (AvgIpc) is 3.12. The van der Waals surface area contributed by atoms with E-state index in [0.29, 0.717) is 17.0 Å². The van der Waals surface area contributed by atoms with Crippen LogP contribution in [0, 0.1) is 11.3 Å².